The summed E-state index contributed by atoms with van der Waals surface area (Å²) in [6.07, 6.45) is 0.297. The van der Waals surface area contributed by atoms with Gasteiger partial charge < -0.3 is 5.32 Å². The van der Waals surface area contributed by atoms with E-state index in [0.29, 0.717) is 18.7 Å². The summed E-state index contributed by atoms with van der Waals surface area (Å²) in [6, 6.07) is 8.37. The Kier molecular flexibility index (Phi) is 8.13. The predicted molar refractivity (Wildman–Crippen MR) is 116 cm³/mol. The van der Waals surface area contributed by atoms with Gasteiger partial charge in [0.2, 0.25) is 15.9 Å². The van der Waals surface area contributed by atoms with Gasteiger partial charge in [0.25, 0.3) is 0 Å². The van der Waals surface area contributed by atoms with E-state index in [-0.39, 0.29) is 36.0 Å². The number of ketones is 1. The van der Waals surface area contributed by atoms with Crippen LogP contribution in [0.3, 0.4) is 0 Å². The van der Waals surface area contributed by atoms with E-state index in [1.165, 1.54) is 4.31 Å². The Labute approximate surface area is 177 Å². The van der Waals surface area contributed by atoms with Gasteiger partial charge in [0, 0.05) is 47.8 Å². The summed E-state index contributed by atoms with van der Waals surface area (Å²) in [5.74, 6) is -0.226. The van der Waals surface area contributed by atoms with Gasteiger partial charge in [-0.25, -0.2) is 8.42 Å². The van der Waals surface area contributed by atoms with Gasteiger partial charge in [-0.2, -0.15) is 4.31 Å². The number of rotatable bonds is 10. The van der Waals surface area contributed by atoms with Crippen LogP contribution in [0.25, 0.3) is 0 Å². The van der Waals surface area contributed by atoms with Gasteiger partial charge in [-0.05, 0) is 37.6 Å². The van der Waals surface area contributed by atoms with Crippen molar-refractivity contribution in [2.24, 2.45) is 0 Å². The summed E-state index contributed by atoms with van der Waals surface area (Å²) in [6.45, 7) is 8.59. The number of carbonyl (C=O) groups is 2. The average Bonchev–Trinajstić information content (AvgIpc) is 3.03. The highest BCUT2D eigenvalue weighted by Gasteiger charge is 2.21. The summed E-state index contributed by atoms with van der Waals surface area (Å²) < 4.78 is 26.4. The van der Waals surface area contributed by atoms with Crippen molar-refractivity contribution in [2.45, 2.75) is 52.0 Å². The monoisotopic (exact) mass is 436 g/mol. The van der Waals surface area contributed by atoms with Crippen molar-refractivity contribution >= 4 is 33.1 Å². The van der Waals surface area contributed by atoms with Gasteiger partial charge in [-0.15, -0.1) is 11.3 Å². The van der Waals surface area contributed by atoms with Gasteiger partial charge in [0.05, 0.1) is 4.90 Å². The molecule has 0 bridgehead atoms. The number of carbonyl (C=O) groups excluding carboxylic acids is 2. The summed E-state index contributed by atoms with van der Waals surface area (Å²) in [7, 11) is -3.49. The third-order valence-corrected chi connectivity index (χ3v) is 7.71. The maximum absolute atomic E-state index is 12.5. The van der Waals surface area contributed by atoms with Crippen LogP contribution in [0.5, 0.6) is 0 Å². The second-order valence-corrected chi connectivity index (χ2v) is 10.2. The minimum atomic E-state index is -3.49. The number of thiophene rings is 1. The van der Waals surface area contributed by atoms with Gasteiger partial charge in [-0.3, -0.25) is 9.59 Å². The molecule has 2 aromatic rings. The topological polar surface area (TPSA) is 83.6 Å². The van der Waals surface area contributed by atoms with Crippen LogP contribution in [0.1, 0.15) is 52.4 Å². The minimum Gasteiger partial charge on any atom is -0.352 e. The fourth-order valence-corrected chi connectivity index (χ4v) is 5.45. The summed E-state index contributed by atoms with van der Waals surface area (Å²) in [5.41, 5.74) is 1.50. The maximum Gasteiger partial charge on any atom is 0.243 e. The molecule has 0 aliphatic rings. The number of hydrogen-bond donors (Lipinski definition) is 1. The van der Waals surface area contributed by atoms with Crippen LogP contribution in [0.15, 0.2) is 35.2 Å². The van der Waals surface area contributed by atoms with E-state index in [9.17, 15) is 18.0 Å². The Hall–Kier alpha value is -2.03. The van der Waals surface area contributed by atoms with Gasteiger partial charge in [0.1, 0.15) is 0 Å². The van der Waals surface area contributed by atoms with Crippen LogP contribution in [0, 0.1) is 13.8 Å². The van der Waals surface area contributed by atoms with E-state index < -0.39 is 10.0 Å². The fraction of sp³-hybridized carbons (Fsp3) is 0.429. The molecule has 1 N–H and O–H groups in total. The lowest BCUT2D eigenvalue weighted by Crippen LogP contribution is -2.30. The molecule has 0 spiro atoms. The summed E-state index contributed by atoms with van der Waals surface area (Å²) in [4.78, 5) is 26.6. The number of nitrogens with one attached hydrogen (secondary N) is 1. The average molecular weight is 437 g/mol. The van der Waals surface area contributed by atoms with Crippen molar-refractivity contribution in [1.29, 1.82) is 0 Å². The van der Waals surface area contributed by atoms with E-state index >= 15 is 0 Å². The van der Waals surface area contributed by atoms with Gasteiger partial charge >= 0.3 is 0 Å². The summed E-state index contributed by atoms with van der Waals surface area (Å²) in [5, 5.41) is 2.78. The first-order valence-electron chi connectivity index (χ1n) is 9.65. The standard InChI is InChI=1S/C21H28N2O4S2/c1-5-23(6-2)29(26,27)18-9-7-17(8-10-18)14-22-21(25)12-11-20(24)19-13-15(3)28-16(19)4/h7-10,13H,5-6,11-12,14H2,1-4H3,(H,22,25). The lowest BCUT2D eigenvalue weighted by atomic mass is 10.1. The van der Waals surface area contributed by atoms with E-state index in [1.54, 1.807) is 49.4 Å². The highest BCUT2D eigenvalue weighted by molar-refractivity contribution is 7.89. The van der Waals surface area contributed by atoms with Crippen molar-refractivity contribution in [3.8, 4) is 0 Å². The zero-order valence-electron chi connectivity index (χ0n) is 17.3. The van der Waals surface area contributed by atoms with Crippen molar-refractivity contribution in [3.63, 3.8) is 0 Å². The van der Waals surface area contributed by atoms with Crippen molar-refractivity contribution < 1.29 is 18.0 Å². The first-order valence-corrected chi connectivity index (χ1v) is 11.9. The smallest absolute Gasteiger partial charge is 0.243 e. The second-order valence-electron chi connectivity index (χ2n) is 6.76. The molecule has 0 fully saturated rings. The van der Waals surface area contributed by atoms with Crippen molar-refractivity contribution in [3.05, 3.63) is 51.2 Å². The van der Waals surface area contributed by atoms with Crippen LogP contribution >= 0.6 is 11.3 Å². The van der Waals surface area contributed by atoms with E-state index in [1.807, 2.05) is 19.9 Å². The Balaban J connectivity index is 1.87. The number of sulfonamides is 1. The molecule has 1 aromatic carbocycles. The number of nitrogens with zero attached hydrogens (tertiary/aromatic N) is 1. The molecule has 0 aliphatic carbocycles. The van der Waals surface area contributed by atoms with E-state index in [0.717, 1.165) is 15.3 Å². The highest BCUT2D eigenvalue weighted by atomic mass is 32.2. The third kappa shape index (κ3) is 5.98. The second kappa shape index (κ2) is 10.1. The molecule has 1 heterocycles. The first kappa shape index (κ1) is 23.3. The molecule has 0 radical (unpaired) electrons. The van der Waals surface area contributed by atoms with Crippen LogP contribution in [0.2, 0.25) is 0 Å². The zero-order valence-corrected chi connectivity index (χ0v) is 19.0. The lowest BCUT2D eigenvalue weighted by molar-refractivity contribution is -0.121. The minimum absolute atomic E-state index is 0.0204. The van der Waals surface area contributed by atoms with Crippen LogP contribution in [-0.2, 0) is 21.4 Å². The molecular weight excluding hydrogens is 408 g/mol. The molecule has 2 rings (SSSR count). The van der Waals surface area contributed by atoms with Gasteiger partial charge in [-0.1, -0.05) is 26.0 Å². The number of hydrogen-bond acceptors (Lipinski definition) is 5. The molecule has 29 heavy (non-hydrogen) atoms. The Morgan fingerprint density at radius 3 is 2.17 bits per heavy atom. The van der Waals surface area contributed by atoms with Crippen molar-refractivity contribution in [2.75, 3.05) is 13.1 Å². The molecule has 0 saturated carbocycles. The Bertz CT molecular complexity index is 959. The molecule has 0 atom stereocenters. The Morgan fingerprint density at radius 1 is 1.03 bits per heavy atom. The third-order valence-electron chi connectivity index (χ3n) is 4.68. The molecular formula is C21H28N2O4S2. The molecule has 0 saturated heterocycles. The SMILES string of the molecule is CCN(CC)S(=O)(=O)c1ccc(CNC(=O)CCC(=O)c2cc(C)sc2C)cc1. The van der Waals surface area contributed by atoms with E-state index in [2.05, 4.69) is 5.32 Å². The van der Waals surface area contributed by atoms with Crippen LogP contribution in [-0.4, -0.2) is 37.5 Å². The largest absolute Gasteiger partial charge is 0.352 e. The van der Waals surface area contributed by atoms with Crippen LogP contribution < -0.4 is 5.32 Å². The number of benzene rings is 1. The lowest BCUT2D eigenvalue weighted by Gasteiger charge is -2.18. The predicted octanol–water partition coefficient (Wildman–Crippen LogP) is 3.67. The zero-order chi connectivity index (χ0) is 21.6. The number of aryl methyl sites for hydroxylation is 2. The number of Topliss-reactive ketones (excluding diaryl/α,β-unsaturated/α-hetero) is 1. The Morgan fingerprint density at radius 2 is 1.66 bits per heavy atom. The van der Waals surface area contributed by atoms with Gasteiger partial charge in [0.15, 0.2) is 5.78 Å². The molecule has 8 heteroatoms. The summed E-state index contributed by atoms with van der Waals surface area (Å²) >= 11 is 1.58. The highest BCUT2D eigenvalue weighted by Crippen LogP contribution is 2.22. The quantitative estimate of drug-likeness (QED) is 0.576. The van der Waals surface area contributed by atoms with Crippen molar-refractivity contribution in [1.82, 2.24) is 9.62 Å². The molecule has 0 unspecified atom stereocenters. The fourth-order valence-electron chi connectivity index (χ4n) is 3.05. The molecule has 6 nitrogen and oxygen atoms in total. The first-order chi connectivity index (χ1) is 13.7. The molecule has 1 amide bonds. The maximum atomic E-state index is 12.5. The molecule has 158 valence electrons. The number of amides is 1. The molecule has 0 aliphatic heterocycles. The van der Waals surface area contributed by atoms with Crippen LogP contribution in [0.4, 0.5) is 0 Å². The van der Waals surface area contributed by atoms with E-state index in [4.69, 9.17) is 0 Å². The normalized spacial score (nSPS) is 11.6. The molecule has 1 aromatic heterocycles.